The lowest BCUT2D eigenvalue weighted by atomic mass is 10.1. The molecule has 1 amide bonds. The van der Waals surface area contributed by atoms with Crippen LogP contribution in [0.25, 0.3) is 0 Å². The molecule has 0 unspecified atom stereocenters. The fraction of sp³-hybridized carbons (Fsp3) is 0.667. The highest BCUT2D eigenvalue weighted by Crippen LogP contribution is 2.14. The van der Waals surface area contributed by atoms with Gasteiger partial charge in [0.1, 0.15) is 4.21 Å². The average molecular weight is 445 g/mol. The van der Waals surface area contributed by atoms with Gasteiger partial charge in [-0.2, -0.15) is 0 Å². The number of likely N-dealkylation sites (tertiary alicyclic amines) is 1. The van der Waals surface area contributed by atoms with Crippen LogP contribution in [0.5, 0.6) is 0 Å². The number of aliphatic imine (C=N–C) groups is 1. The monoisotopic (exact) mass is 444 g/mol. The van der Waals surface area contributed by atoms with Crippen LogP contribution < -0.4 is 20.7 Å². The number of hydrogen-bond donors (Lipinski definition) is 4. The van der Waals surface area contributed by atoms with E-state index < -0.39 is 10.0 Å². The SMILES string of the molecule is CCCNC(=O)CN1CCC(NC(=NC)NCCNS(=O)(=O)c2cccs2)CC1. The van der Waals surface area contributed by atoms with Crippen LogP contribution in [0.3, 0.4) is 0 Å². The van der Waals surface area contributed by atoms with Gasteiger partial charge in [0.25, 0.3) is 0 Å². The highest BCUT2D eigenvalue weighted by atomic mass is 32.2. The van der Waals surface area contributed by atoms with Gasteiger partial charge in [-0.05, 0) is 30.7 Å². The number of sulfonamides is 1. The van der Waals surface area contributed by atoms with Crippen LogP contribution in [-0.4, -0.2) is 77.5 Å². The molecule has 1 saturated heterocycles. The third-order valence-electron chi connectivity index (χ3n) is 4.56. The summed E-state index contributed by atoms with van der Waals surface area (Å²) < 4.78 is 27.1. The first-order chi connectivity index (χ1) is 13.9. The summed E-state index contributed by atoms with van der Waals surface area (Å²) in [6, 6.07) is 3.58. The van der Waals surface area contributed by atoms with E-state index >= 15 is 0 Å². The van der Waals surface area contributed by atoms with Gasteiger partial charge < -0.3 is 16.0 Å². The first kappa shape index (κ1) is 23.6. The summed E-state index contributed by atoms with van der Waals surface area (Å²) in [5.41, 5.74) is 0. The molecule has 29 heavy (non-hydrogen) atoms. The minimum absolute atomic E-state index is 0.0840. The minimum atomic E-state index is -3.44. The van der Waals surface area contributed by atoms with E-state index in [2.05, 4.69) is 30.6 Å². The molecule has 4 N–H and O–H groups in total. The molecule has 2 heterocycles. The van der Waals surface area contributed by atoms with Crippen molar-refractivity contribution < 1.29 is 13.2 Å². The first-order valence-electron chi connectivity index (χ1n) is 9.94. The van der Waals surface area contributed by atoms with E-state index in [-0.39, 0.29) is 18.5 Å². The van der Waals surface area contributed by atoms with Gasteiger partial charge >= 0.3 is 0 Å². The Hall–Kier alpha value is -1.69. The third kappa shape index (κ3) is 8.29. The van der Waals surface area contributed by atoms with Crippen molar-refractivity contribution in [2.24, 2.45) is 4.99 Å². The number of nitrogens with zero attached hydrogens (tertiary/aromatic N) is 2. The largest absolute Gasteiger partial charge is 0.355 e. The molecule has 0 spiro atoms. The van der Waals surface area contributed by atoms with E-state index in [1.54, 1.807) is 24.6 Å². The summed E-state index contributed by atoms with van der Waals surface area (Å²) in [5, 5.41) is 11.2. The Morgan fingerprint density at radius 3 is 2.62 bits per heavy atom. The number of amides is 1. The summed E-state index contributed by atoms with van der Waals surface area (Å²) in [6.45, 7) is 5.63. The van der Waals surface area contributed by atoms with Crippen LogP contribution in [0.4, 0.5) is 0 Å². The quantitative estimate of drug-likeness (QED) is 0.233. The van der Waals surface area contributed by atoms with Gasteiger partial charge in [0.2, 0.25) is 15.9 Å². The molecule has 0 bridgehead atoms. The average Bonchev–Trinajstić information content (AvgIpc) is 3.26. The lowest BCUT2D eigenvalue weighted by molar-refractivity contribution is -0.122. The van der Waals surface area contributed by atoms with E-state index in [1.807, 2.05) is 6.92 Å². The molecule has 11 heteroatoms. The van der Waals surface area contributed by atoms with E-state index in [1.165, 1.54) is 11.3 Å². The Bertz CT molecular complexity index is 744. The molecular formula is C18H32N6O3S2. The zero-order valence-corrected chi connectivity index (χ0v) is 18.7. The number of rotatable bonds is 10. The number of carbonyl (C=O) groups excluding carboxylic acids is 1. The Labute approximate surface area is 177 Å². The predicted molar refractivity (Wildman–Crippen MR) is 117 cm³/mol. The lowest BCUT2D eigenvalue weighted by Crippen LogP contribution is -2.50. The van der Waals surface area contributed by atoms with Crippen molar-refractivity contribution in [3.63, 3.8) is 0 Å². The van der Waals surface area contributed by atoms with Gasteiger partial charge in [-0.25, -0.2) is 13.1 Å². The van der Waals surface area contributed by atoms with Gasteiger partial charge in [-0.3, -0.25) is 14.7 Å². The fourth-order valence-electron chi connectivity index (χ4n) is 3.00. The zero-order valence-electron chi connectivity index (χ0n) is 17.1. The normalized spacial score (nSPS) is 16.6. The number of piperidine rings is 1. The van der Waals surface area contributed by atoms with Crippen LogP contribution in [0.2, 0.25) is 0 Å². The number of nitrogens with one attached hydrogen (secondary N) is 4. The molecule has 1 aromatic rings. The van der Waals surface area contributed by atoms with E-state index in [0.29, 0.717) is 23.3 Å². The summed E-state index contributed by atoms with van der Waals surface area (Å²) >= 11 is 1.19. The maximum absolute atomic E-state index is 12.1. The van der Waals surface area contributed by atoms with Crippen LogP contribution in [0.1, 0.15) is 26.2 Å². The third-order valence-corrected chi connectivity index (χ3v) is 7.42. The van der Waals surface area contributed by atoms with Crippen molar-refractivity contribution in [1.29, 1.82) is 0 Å². The van der Waals surface area contributed by atoms with Crippen LogP contribution in [0.15, 0.2) is 26.7 Å². The Kier molecular flexibility index (Phi) is 9.85. The van der Waals surface area contributed by atoms with Crippen LogP contribution in [0, 0.1) is 0 Å². The molecular weight excluding hydrogens is 412 g/mol. The minimum Gasteiger partial charge on any atom is -0.355 e. The molecule has 0 aromatic carbocycles. The molecule has 9 nitrogen and oxygen atoms in total. The molecule has 164 valence electrons. The van der Waals surface area contributed by atoms with Crippen molar-refractivity contribution in [2.75, 3.05) is 46.3 Å². The van der Waals surface area contributed by atoms with Gasteiger partial charge in [0, 0.05) is 45.8 Å². The molecule has 1 aliphatic rings. The Balaban J connectivity index is 1.64. The number of guanidine groups is 1. The van der Waals surface area contributed by atoms with Gasteiger partial charge in [0.05, 0.1) is 6.54 Å². The van der Waals surface area contributed by atoms with Crippen molar-refractivity contribution >= 4 is 33.2 Å². The number of carbonyl (C=O) groups is 1. The standard InChI is InChI=1S/C18H32N6O3S2/c1-3-8-20-16(25)14-24-11-6-15(7-12-24)23-18(19-2)21-9-10-22-29(26,27)17-5-4-13-28-17/h4-5,13,15,22H,3,6-12,14H2,1-2H3,(H,20,25)(H2,19,21,23). The van der Waals surface area contributed by atoms with Crippen LogP contribution in [-0.2, 0) is 14.8 Å². The van der Waals surface area contributed by atoms with Crippen molar-refractivity contribution in [3.8, 4) is 0 Å². The zero-order chi connectivity index (χ0) is 21.1. The van der Waals surface area contributed by atoms with Gasteiger partial charge in [0.15, 0.2) is 5.96 Å². The number of thiophene rings is 1. The highest BCUT2D eigenvalue weighted by molar-refractivity contribution is 7.91. The second-order valence-corrected chi connectivity index (χ2v) is 9.82. The van der Waals surface area contributed by atoms with E-state index in [0.717, 1.165) is 38.9 Å². The fourth-order valence-corrected chi connectivity index (χ4v) is 5.07. The lowest BCUT2D eigenvalue weighted by Gasteiger charge is -2.32. The second-order valence-electron chi connectivity index (χ2n) is 6.87. The maximum Gasteiger partial charge on any atom is 0.250 e. The highest BCUT2D eigenvalue weighted by Gasteiger charge is 2.21. The maximum atomic E-state index is 12.1. The molecule has 1 fully saturated rings. The Morgan fingerprint density at radius 1 is 1.24 bits per heavy atom. The second kappa shape index (κ2) is 12.1. The van der Waals surface area contributed by atoms with Crippen molar-refractivity contribution in [1.82, 2.24) is 25.6 Å². The van der Waals surface area contributed by atoms with Crippen molar-refractivity contribution in [3.05, 3.63) is 17.5 Å². The van der Waals surface area contributed by atoms with E-state index in [9.17, 15) is 13.2 Å². The van der Waals surface area contributed by atoms with Crippen LogP contribution >= 0.6 is 11.3 Å². The predicted octanol–water partition coefficient (Wildman–Crippen LogP) is 0.182. The number of hydrogen-bond acceptors (Lipinski definition) is 6. The first-order valence-corrected chi connectivity index (χ1v) is 12.3. The molecule has 2 rings (SSSR count). The molecule has 0 aliphatic carbocycles. The van der Waals surface area contributed by atoms with Crippen molar-refractivity contribution in [2.45, 2.75) is 36.4 Å². The van der Waals surface area contributed by atoms with E-state index in [4.69, 9.17) is 0 Å². The molecule has 1 aromatic heterocycles. The molecule has 0 atom stereocenters. The Morgan fingerprint density at radius 2 is 2.00 bits per heavy atom. The summed E-state index contributed by atoms with van der Waals surface area (Å²) in [7, 11) is -1.75. The van der Waals surface area contributed by atoms with Gasteiger partial charge in [-0.1, -0.05) is 13.0 Å². The smallest absolute Gasteiger partial charge is 0.250 e. The summed E-state index contributed by atoms with van der Waals surface area (Å²) in [4.78, 5) is 18.2. The molecule has 0 saturated carbocycles. The topological polar surface area (TPSA) is 115 Å². The molecule has 1 aliphatic heterocycles. The molecule has 0 radical (unpaired) electrons. The van der Waals surface area contributed by atoms with Gasteiger partial charge in [-0.15, -0.1) is 11.3 Å². The summed E-state index contributed by atoms with van der Waals surface area (Å²) in [5.74, 6) is 0.736. The summed E-state index contributed by atoms with van der Waals surface area (Å²) in [6.07, 6.45) is 2.79.